The van der Waals surface area contributed by atoms with E-state index in [0.717, 1.165) is 4.47 Å². The van der Waals surface area contributed by atoms with Crippen molar-refractivity contribution < 1.29 is 28.6 Å². The molecule has 8 heteroatoms. The summed E-state index contributed by atoms with van der Waals surface area (Å²) in [5.74, 6) is -1.01. The highest BCUT2D eigenvalue weighted by molar-refractivity contribution is 9.10. The third-order valence-electron chi connectivity index (χ3n) is 2.05. The summed E-state index contributed by atoms with van der Waals surface area (Å²) in [4.78, 5) is 33.5. The molecule has 0 aliphatic carbocycles. The summed E-state index contributed by atoms with van der Waals surface area (Å²) in [6, 6.07) is 6.86. The highest BCUT2D eigenvalue weighted by Gasteiger charge is 2.11. The quantitative estimate of drug-likeness (QED) is 0.776. The zero-order valence-electron chi connectivity index (χ0n) is 11.3. The topological polar surface area (TPSA) is 90.9 Å². The van der Waals surface area contributed by atoms with Gasteiger partial charge in [0.2, 0.25) is 0 Å². The second-order valence-electron chi connectivity index (χ2n) is 3.67. The fraction of sp³-hybridized carbons (Fsp3) is 0.308. The van der Waals surface area contributed by atoms with Gasteiger partial charge >= 0.3 is 12.1 Å². The van der Waals surface area contributed by atoms with Gasteiger partial charge in [-0.15, -0.1) is 0 Å². The van der Waals surface area contributed by atoms with E-state index in [0.29, 0.717) is 5.75 Å². The van der Waals surface area contributed by atoms with Crippen molar-refractivity contribution in [3.05, 3.63) is 28.7 Å². The Labute approximate surface area is 129 Å². The largest absolute Gasteiger partial charge is 0.482 e. The van der Waals surface area contributed by atoms with E-state index >= 15 is 0 Å². The first-order valence-corrected chi connectivity index (χ1v) is 6.81. The molecular formula is C13H14BrNO6. The molecule has 7 nitrogen and oxygen atoms in total. The first-order chi connectivity index (χ1) is 10.0. The summed E-state index contributed by atoms with van der Waals surface area (Å²) < 4.78 is 15.2. The Bertz CT molecular complexity index is 502. The minimum atomic E-state index is -0.885. The van der Waals surface area contributed by atoms with Gasteiger partial charge in [0.25, 0.3) is 5.91 Å². The van der Waals surface area contributed by atoms with Gasteiger partial charge in [-0.1, -0.05) is 15.9 Å². The van der Waals surface area contributed by atoms with Crippen molar-refractivity contribution in [1.29, 1.82) is 0 Å². The smallest absolute Gasteiger partial charge is 0.413 e. The maximum atomic E-state index is 11.3. The highest BCUT2D eigenvalue weighted by atomic mass is 79.9. The van der Waals surface area contributed by atoms with Crippen molar-refractivity contribution in [1.82, 2.24) is 5.32 Å². The van der Waals surface area contributed by atoms with Gasteiger partial charge in [-0.05, 0) is 31.2 Å². The van der Waals surface area contributed by atoms with Gasteiger partial charge in [-0.25, -0.2) is 9.59 Å². The first kappa shape index (κ1) is 17.0. The van der Waals surface area contributed by atoms with Gasteiger partial charge in [0.15, 0.2) is 13.2 Å². The van der Waals surface area contributed by atoms with Crippen LogP contribution in [-0.2, 0) is 19.1 Å². The molecule has 0 heterocycles. The molecule has 1 aromatic rings. The minimum absolute atomic E-state index is 0.139. The van der Waals surface area contributed by atoms with E-state index in [1.807, 2.05) is 5.32 Å². The van der Waals surface area contributed by atoms with Crippen molar-refractivity contribution in [3.8, 4) is 5.75 Å². The second kappa shape index (κ2) is 8.96. The highest BCUT2D eigenvalue weighted by Crippen LogP contribution is 2.15. The van der Waals surface area contributed by atoms with Gasteiger partial charge in [0, 0.05) is 4.47 Å². The van der Waals surface area contributed by atoms with Gasteiger partial charge in [-0.2, -0.15) is 0 Å². The summed E-state index contributed by atoms with van der Waals surface area (Å²) in [5.41, 5.74) is 0. The van der Waals surface area contributed by atoms with E-state index in [4.69, 9.17) is 4.74 Å². The van der Waals surface area contributed by atoms with Crippen LogP contribution in [0.25, 0.3) is 0 Å². The Kier molecular flexibility index (Phi) is 7.24. The number of benzene rings is 1. The number of hydrogen-bond acceptors (Lipinski definition) is 6. The number of hydrogen-bond donors (Lipinski definition) is 1. The van der Waals surface area contributed by atoms with Crippen molar-refractivity contribution in [2.45, 2.75) is 6.92 Å². The molecule has 21 heavy (non-hydrogen) atoms. The van der Waals surface area contributed by atoms with E-state index in [1.54, 1.807) is 31.2 Å². The average Bonchev–Trinajstić information content (AvgIpc) is 2.44. The predicted octanol–water partition coefficient (Wildman–Crippen LogP) is 1.64. The van der Waals surface area contributed by atoms with Crippen LogP contribution < -0.4 is 10.1 Å². The number of nitrogens with one attached hydrogen (secondary N) is 1. The molecule has 0 aliphatic heterocycles. The standard InChI is InChI=1S/C13H14BrNO6/c1-2-19-13(18)15-11(16)7-21-12(17)8-20-10-5-3-9(14)4-6-10/h3-6H,2,7-8H2,1H3,(H,15,16,18). The number of imide groups is 1. The van der Waals surface area contributed by atoms with Crippen LogP contribution in [0.1, 0.15) is 6.92 Å². The number of amides is 2. The summed E-state index contributed by atoms with van der Waals surface area (Å²) in [6.07, 6.45) is -0.885. The van der Waals surface area contributed by atoms with Crippen LogP contribution in [0.3, 0.4) is 0 Å². The number of ether oxygens (including phenoxy) is 3. The first-order valence-electron chi connectivity index (χ1n) is 6.02. The molecule has 1 aromatic carbocycles. The Morgan fingerprint density at radius 3 is 2.38 bits per heavy atom. The molecule has 2 amide bonds. The van der Waals surface area contributed by atoms with Gasteiger partial charge in [0.05, 0.1) is 6.61 Å². The maximum absolute atomic E-state index is 11.3. The van der Waals surface area contributed by atoms with Crippen LogP contribution in [0, 0.1) is 0 Å². The molecule has 1 rings (SSSR count). The maximum Gasteiger partial charge on any atom is 0.413 e. The molecule has 1 N–H and O–H groups in total. The molecule has 0 bridgehead atoms. The molecule has 0 atom stereocenters. The van der Waals surface area contributed by atoms with Crippen LogP contribution in [0.2, 0.25) is 0 Å². The second-order valence-corrected chi connectivity index (χ2v) is 4.59. The van der Waals surface area contributed by atoms with E-state index in [2.05, 4.69) is 25.4 Å². The summed E-state index contributed by atoms with van der Waals surface area (Å²) >= 11 is 3.27. The molecule has 114 valence electrons. The van der Waals surface area contributed by atoms with E-state index < -0.39 is 24.6 Å². The summed E-state index contributed by atoms with van der Waals surface area (Å²) in [7, 11) is 0. The molecule has 0 aliphatic rings. The fourth-order valence-electron chi connectivity index (χ4n) is 1.18. The molecule has 0 radical (unpaired) electrons. The number of esters is 1. The summed E-state index contributed by atoms with van der Waals surface area (Å²) in [6.45, 7) is 0.819. The van der Waals surface area contributed by atoms with Crippen molar-refractivity contribution >= 4 is 33.9 Å². The molecule has 0 aromatic heterocycles. The van der Waals surface area contributed by atoms with Crippen molar-refractivity contribution in [2.75, 3.05) is 19.8 Å². The lowest BCUT2D eigenvalue weighted by Crippen LogP contribution is -2.35. The van der Waals surface area contributed by atoms with Crippen molar-refractivity contribution in [3.63, 3.8) is 0 Å². The van der Waals surface area contributed by atoms with Crippen LogP contribution in [-0.4, -0.2) is 37.8 Å². The number of rotatable bonds is 6. The number of alkyl carbamates (subject to hydrolysis) is 1. The lowest BCUT2D eigenvalue weighted by Gasteiger charge is -2.07. The van der Waals surface area contributed by atoms with Gasteiger partial charge in [-0.3, -0.25) is 10.1 Å². The monoisotopic (exact) mass is 359 g/mol. The molecule has 0 saturated carbocycles. The zero-order chi connectivity index (χ0) is 15.7. The average molecular weight is 360 g/mol. The fourth-order valence-corrected chi connectivity index (χ4v) is 1.44. The lowest BCUT2D eigenvalue weighted by molar-refractivity contribution is -0.150. The minimum Gasteiger partial charge on any atom is -0.482 e. The number of halogens is 1. The van der Waals surface area contributed by atoms with Crippen LogP contribution in [0.5, 0.6) is 5.75 Å². The third kappa shape index (κ3) is 7.31. The zero-order valence-corrected chi connectivity index (χ0v) is 12.8. The predicted molar refractivity (Wildman–Crippen MR) is 75.8 cm³/mol. The molecule has 0 fully saturated rings. The summed E-state index contributed by atoms with van der Waals surface area (Å²) in [5, 5.41) is 1.89. The number of carbonyl (C=O) groups excluding carboxylic acids is 3. The van der Waals surface area contributed by atoms with Crippen LogP contribution >= 0.6 is 15.9 Å². The van der Waals surface area contributed by atoms with Gasteiger partial charge in [0.1, 0.15) is 5.75 Å². The molecular weight excluding hydrogens is 346 g/mol. The molecule has 0 saturated heterocycles. The Hall–Kier alpha value is -2.09. The third-order valence-corrected chi connectivity index (χ3v) is 2.58. The lowest BCUT2D eigenvalue weighted by atomic mass is 10.3. The van der Waals surface area contributed by atoms with E-state index in [9.17, 15) is 14.4 Å². The SMILES string of the molecule is CCOC(=O)NC(=O)COC(=O)COc1ccc(Br)cc1. The van der Waals surface area contributed by atoms with Crippen LogP contribution in [0.4, 0.5) is 4.79 Å². The molecule has 0 unspecified atom stereocenters. The van der Waals surface area contributed by atoms with Gasteiger partial charge < -0.3 is 14.2 Å². The Morgan fingerprint density at radius 2 is 1.76 bits per heavy atom. The van der Waals surface area contributed by atoms with E-state index in [1.165, 1.54) is 0 Å². The van der Waals surface area contributed by atoms with Crippen LogP contribution in [0.15, 0.2) is 28.7 Å². The number of carbonyl (C=O) groups is 3. The van der Waals surface area contributed by atoms with E-state index in [-0.39, 0.29) is 13.2 Å². The molecule has 0 spiro atoms. The Balaban J connectivity index is 2.23. The normalized spacial score (nSPS) is 9.62. The van der Waals surface area contributed by atoms with Crippen molar-refractivity contribution in [2.24, 2.45) is 0 Å². The Morgan fingerprint density at radius 1 is 1.10 bits per heavy atom.